The number of aromatic nitrogens is 4. The zero-order valence-electron chi connectivity index (χ0n) is 8.24. The molecular formula is C11H7N4O-. The highest BCUT2D eigenvalue weighted by Gasteiger charge is 2.05. The van der Waals surface area contributed by atoms with Gasteiger partial charge in [-0.15, -0.1) is 0 Å². The highest BCUT2D eigenvalue weighted by Crippen LogP contribution is 2.19. The second-order valence-electron chi connectivity index (χ2n) is 3.31. The van der Waals surface area contributed by atoms with E-state index < -0.39 is 0 Å². The standard InChI is InChI=1S/C11H8N4O/c16-11-9-6-14-15(10(9)12-7-13-11)8-4-2-1-3-5-8/h1-7H,(H,12,13,16)/p-1. The topological polar surface area (TPSA) is 66.7 Å². The molecule has 0 N–H and O–H groups in total. The average molecular weight is 211 g/mol. The summed E-state index contributed by atoms with van der Waals surface area (Å²) >= 11 is 0. The lowest BCUT2D eigenvalue weighted by atomic mass is 10.3. The second kappa shape index (κ2) is 3.30. The number of rotatable bonds is 1. The van der Waals surface area contributed by atoms with Gasteiger partial charge in [-0.05, 0) is 12.1 Å². The van der Waals surface area contributed by atoms with Gasteiger partial charge in [0.05, 0.1) is 17.3 Å². The molecule has 3 aromatic rings. The Bertz CT molecular complexity index is 633. The van der Waals surface area contributed by atoms with Crippen molar-refractivity contribution >= 4 is 11.0 Å². The second-order valence-corrected chi connectivity index (χ2v) is 3.31. The summed E-state index contributed by atoms with van der Waals surface area (Å²) in [6, 6.07) is 9.53. The van der Waals surface area contributed by atoms with E-state index in [1.54, 1.807) is 4.68 Å². The molecule has 0 atom stereocenters. The molecule has 0 amide bonds. The molecule has 3 rings (SSSR count). The molecule has 0 aliphatic heterocycles. The van der Waals surface area contributed by atoms with Crippen molar-refractivity contribution in [2.45, 2.75) is 0 Å². The van der Waals surface area contributed by atoms with E-state index in [-0.39, 0.29) is 5.88 Å². The van der Waals surface area contributed by atoms with Crippen molar-refractivity contribution in [3.8, 4) is 11.6 Å². The minimum atomic E-state index is -0.299. The lowest BCUT2D eigenvalue weighted by Crippen LogP contribution is -1.99. The van der Waals surface area contributed by atoms with Crippen molar-refractivity contribution in [3.05, 3.63) is 42.9 Å². The van der Waals surface area contributed by atoms with Crippen LogP contribution in [0.15, 0.2) is 42.9 Å². The molecule has 0 unspecified atom stereocenters. The first kappa shape index (κ1) is 8.84. The van der Waals surface area contributed by atoms with Gasteiger partial charge in [-0.25, -0.2) is 9.67 Å². The van der Waals surface area contributed by atoms with Crippen LogP contribution in [0.4, 0.5) is 0 Å². The molecule has 2 heterocycles. The number of nitrogens with zero attached hydrogens (tertiary/aromatic N) is 4. The van der Waals surface area contributed by atoms with E-state index in [9.17, 15) is 5.11 Å². The van der Waals surface area contributed by atoms with Gasteiger partial charge in [0.25, 0.3) is 0 Å². The summed E-state index contributed by atoms with van der Waals surface area (Å²) in [6.45, 7) is 0. The van der Waals surface area contributed by atoms with Crippen LogP contribution in [0.2, 0.25) is 0 Å². The van der Waals surface area contributed by atoms with Crippen LogP contribution in [0, 0.1) is 0 Å². The van der Waals surface area contributed by atoms with Gasteiger partial charge in [0.15, 0.2) is 5.65 Å². The van der Waals surface area contributed by atoms with Gasteiger partial charge in [0.2, 0.25) is 0 Å². The van der Waals surface area contributed by atoms with Gasteiger partial charge >= 0.3 is 0 Å². The number of para-hydroxylation sites is 1. The third kappa shape index (κ3) is 1.22. The summed E-state index contributed by atoms with van der Waals surface area (Å²) in [5, 5.41) is 16.0. The third-order valence-corrected chi connectivity index (χ3v) is 2.33. The first-order chi connectivity index (χ1) is 7.86. The van der Waals surface area contributed by atoms with Crippen LogP contribution in [0.3, 0.4) is 0 Å². The van der Waals surface area contributed by atoms with Crippen molar-refractivity contribution in [2.75, 3.05) is 0 Å². The Hall–Kier alpha value is -2.43. The van der Waals surface area contributed by atoms with Gasteiger partial charge in [0.1, 0.15) is 6.33 Å². The average Bonchev–Trinajstić information content (AvgIpc) is 2.75. The molecule has 2 aromatic heterocycles. The molecule has 0 saturated heterocycles. The first-order valence-corrected chi connectivity index (χ1v) is 4.77. The minimum Gasteiger partial charge on any atom is -0.858 e. The molecule has 0 radical (unpaired) electrons. The fourth-order valence-corrected chi connectivity index (χ4v) is 1.58. The van der Waals surface area contributed by atoms with Crippen LogP contribution >= 0.6 is 0 Å². The quantitative estimate of drug-likeness (QED) is 0.599. The molecule has 0 aliphatic rings. The Kier molecular flexibility index (Phi) is 1.83. The molecule has 0 spiro atoms. The number of benzene rings is 1. The van der Waals surface area contributed by atoms with Crippen molar-refractivity contribution in [1.82, 2.24) is 19.7 Å². The summed E-state index contributed by atoms with van der Waals surface area (Å²) in [4.78, 5) is 7.66. The maximum atomic E-state index is 11.4. The number of hydrogen-bond acceptors (Lipinski definition) is 4. The van der Waals surface area contributed by atoms with Gasteiger partial charge in [-0.1, -0.05) is 18.2 Å². The molecule has 5 nitrogen and oxygen atoms in total. The maximum Gasteiger partial charge on any atom is 0.165 e. The monoisotopic (exact) mass is 211 g/mol. The van der Waals surface area contributed by atoms with E-state index in [2.05, 4.69) is 15.1 Å². The zero-order valence-corrected chi connectivity index (χ0v) is 8.24. The van der Waals surface area contributed by atoms with Crippen LogP contribution in [-0.4, -0.2) is 19.7 Å². The largest absolute Gasteiger partial charge is 0.858 e. The molecule has 16 heavy (non-hydrogen) atoms. The lowest BCUT2D eigenvalue weighted by molar-refractivity contribution is -0.272. The molecule has 0 bridgehead atoms. The Labute approximate surface area is 91.0 Å². The SMILES string of the molecule is [O-]c1ncnc2c1cnn2-c1ccccc1. The van der Waals surface area contributed by atoms with Crippen LogP contribution in [0.1, 0.15) is 0 Å². The Morgan fingerprint density at radius 1 is 1.06 bits per heavy atom. The van der Waals surface area contributed by atoms with Gasteiger partial charge in [-0.3, -0.25) is 4.98 Å². The highest BCUT2D eigenvalue weighted by atomic mass is 16.3. The summed E-state index contributed by atoms with van der Waals surface area (Å²) in [6.07, 6.45) is 2.75. The number of fused-ring (bicyclic) bond motifs is 1. The Morgan fingerprint density at radius 3 is 2.69 bits per heavy atom. The highest BCUT2D eigenvalue weighted by molar-refractivity contribution is 5.80. The maximum absolute atomic E-state index is 11.4. The molecular weight excluding hydrogens is 204 g/mol. The van der Waals surface area contributed by atoms with Crippen LogP contribution in [0.25, 0.3) is 16.7 Å². The molecule has 0 saturated carbocycles. The van der Waals surface area contributed by atoms with Gasteiger partial charge in [0, 0.05) is 5.88 Å². The lowest BCUT2D eigenvalue weighted by Gasteiger charge is -2.05. The van der Waals surface area contributed by atoms with Gasteiger partial charge < -0.3 is 5.11 Å². The van der Waals surface area contributed by atoms with E-state index in [0.29, 0.717) is 11.0 Å². The summed E-state index contributed by atoms with van der Waals surface area (Å²) in [5.41, 5.74) is 1.40. The predicted molar refractivity (Wildman–Crippen MR) is 56.1 cm³/mol. The Balaban J connectivity index is 2.30. The minimum absolute atomic E-state index is 0.299. The summed E-state index contributed by atoms with van der Waals surface area (Å²) in [7, 11) is 0. The third-order valence-electron chi connectivity index (χ3n) is 2.33. The molecule has 5 heteroatoms. The zero-order chi connectivity index (χ0) is 11.0. The number of hydrogen-bond donors (Lipinski definition) is 0. The molecule has 78 valence electrons. The molecule has 0 fully saturated rings. The molecule has 1 aromatic carbocycles. The molecule has 0 aliphatic carbocycles. The fraction of sp³-hybridized carbons (Fsp3) is 0. The fourth-order valence-electron chi connectivity index (χ4n) is 1.58. The van der Waals surface area contributed by atoms with E-state index in [1.165, 1.54) is 12.5 Å². The predicted octanol–water partition coefficient (Wildman–Crippen LogP) is 0.889. The summed E-state index contributed by atoms with van der Waals surface area (Å²) < 4.78 is 1.62. The first-order valence-electron chi connectivity index (χ1n) is 4.77. The van der Waals surface area contributed by atoms with Crippen molar-refractivity contribution in [3.63, 3.8) is 0 Å². The normalized spacial score (nSPS) is 10.8. The van der Waals surface area contributed by atoms with Gasteiger partial charge in [-0.2, -0.15) is 5.10 Å². The Morgan fingerprint density at radius 2 is 1.88 bits per heavy atom. The van der Waals surface area contributed by atoms with Crippen molar-refractivity contribution < 1.29 is 5.11 Å². The van der Waals surface area contributed by atoms with E-state index in [4.69, 9.17) is 0 Å². The van der Waals surface area contributed by atoms with E-state index in [0.717, 1.165) is 5.69 Å². The smallest absolute Gasteiger partial charge is 0.165 e. The summed E-state index contributed by atoms with van der Waals surface area (Å²) in [5.74, 6) is -0.299. The van der Waals surface area contributed by atoms with Crippen LogP contribution in [-0.2, 0) is 0 Å². The van der Waals surface area contributed by atoms with Crippen LogP contribution in [0.5, 0.6) is 5.88 Å². The van der Waals surface area contributed by atoms with Crippen molar-refractivity contribution in [2.24, 2.45) is 0 Å². The van der Waals surface area contributed by atoms with E-state index in [1.807, 2.05) is 30.3 Å². The van der Waals surface area contributed by atoms with Crippen LogP contribution < -0.4 is 5.11 Å². The van der Waals surface area contributed by atoms with E-state index >= 15 is 0 Å². The van der Waals surface area contributed by atoms with Crippen molar-refractivity contribution in [1.29, 1.82) is 0 Å².